The Morgan fingerprint density at radius 1 is 1.21 bits per heavy atom. The van der Waals surface area contributed by atoms with E-state index in [0.717, 1.165) is 30.2 Å². The summed E-state index contributed by atoms with van der Waals surface area (Å²) in [7, 11) is -1.74. The van der Waals surface area contributed by atoms with Crippen LogP contribution in [0.5, 0.6) is 0 Å². The first-order chi connectivity index (χ1) is 13.2. The molecule has 1 aromatic heterocycles. The Morgan fingerprint density at radius 3 is 2.54 bits per heavy atom. The van der Waals surface area contributed by atoms with Crippen molar-refractivity contribution in [2.24, 2.45) is 11.8 Å². The molecule has 1 fully saturated rings. The van der Waals surface area contributed by atoms with Gasteiger partial charge in [-0.1, -0.05) is 27.2 Å². The Labute approximate surface area is 168 Å². The Hall–Kier alpha value is -1.86. The molecule has 154 valence electrons. The molecule has 0 saturated carbocycles. The molecule has 2 aromatic rings. The molecule has 28 heavy (non-hydrogen) atoms. The van der Waals surface area contributed by atoms with E-state index < -0.39 is 10.0 Å². The van der Waals surface area contributed by atoms with Crippen LogP contribution in [0.15, 0.2) is 29.2 Å². The zero-order valence-electron chi connectivity index (χ0n) is 17.2. The first-order valence-corrected chi connectivity index (χ1v) is 11.5. The maximum atomic E-state index is 13.1. The third-order valence-corrected chi connectivity index (χ3v) is 7.32. The van der Waals surface area contributed by atoms with E-state index >= 15 is 0 Å². The molecule has 1 aromatic carbocycles. The van der Waals surface area contributed by atoms with Crippen molar-refractivity contribution in [2.75, 3.05) is 26.7 Å². The monoisotopic (exact) mass is 405 g/mol. The standard InChI is InChI=1S/C21H31N3O3S/c1-5-6-9-23(4)21(25)20-12-17-11-18(7-8-19(17)22-20)28(26,27)24-13-15(2)10-16(3)14-24/h7-8,11-12,15-16,22H,5-6,9-10,13-14H2,1-4H3. The minimum Gasteiger partial charge on any atom is -0.351 e. The van der Waals surface area contributed by atoms with Crippen LogP contribution in [0.25, 0.3) is 10.9 Å². The lowest BCUT2D eigenvalue weighted by molar-refractivity contribution is 0.0788. The number of hydrogen-bond acceptors (Lipinski definition) is 3. The number of H-pyrrole nitrogens is 1. The molecule has 1 amide bonds. The molecule has 0 aliphatic carbocycles. The summed E-state index contributed by atoms with van der Waals surface area (Å²) in [6.07, 6.45) is 3.04. The highest BCUT2D eigenvalue weighted by Crippen LogP contribution is 2.28. The highest BCUT2D eigenvalue weighted by molar-refractivity contribution is 7.89. The van der Waals surface area contributed by atoms with Crippen LogP contribution >= 0.6 is 0 Å². The van der Waals surface area contributed by atoms with Crippen molar-refractivity contribution >= 4 is 26.8 Å². The lowest BCUT2D eigenvalue weighted by Gasteiger charge is -2.34. The fourth-order valence-electron chi connectivity index (χ4n) is 4.04. The van der Waals surface area contributed by atoms with Crippen molar-refractivity contribution < 1.29 is 13.2 Å². The smallest absolute Gasteiger partial charge is 0.270 e. The van der Waals surface area contributed by atoms with Crippen molar-refractivity contribution in [3.05, 3.63) is 30.0 Å². The summed E-state index contributed by atoms with van der Waals surface area (Å²) in [6.45, 7) is 8.11. The number of carbonyl (C=O) groups is 1. The van der Waals surface area contributed by atoms with E-state index in [4.69, 9.17) is 0 Å². The van der Waals surface area contributed by atoms with E-state index in [2.05, 4.69) is 25.8 Å². The molecule has 0 radical (unpaired) electrons. The number of amides is 1. The number of rotatable bonds is 6. The van der Waals surface area contributed by atoms with E-state index in [9.17, 15) is 13.2 Å². The molecule has 7 heteroatoms. The quantitative estimate of drug-likeness (QED) is 0.796. The first-order valence-electron chi connectivity index (χ1n) is 10.1. The maximum Gasteiger partial charge on any atom is 0.270 e. The van der Waals surface area contributed by atoms with E-state index in [1.165, 1.54) is 0 Å². The normalized spacial score (nSPS) is 21.1. The highest BCUT2D eigenvalue weighted by atomic mass is 32.2. The molecular weight excluding hydrogens is 374 g/mol. The summed E-state index contributed by atoms with van der Waals surface area (Å²) in [6, 6.07) is 6.81. The second-order valence-corrected chi connectivity index (χ2v) is 10.2. The van der Waals surface area contributed by atoms with Crippen molar-refractivity contribution in [1.29, 1.82) is 0 Å². The van der Waals surface area contributed by atoms with Crippen LogP contribution in [-0.2, 0) is 10.0 Å². The van der Waals surface area contributed by atoms with Gasteiger partial charge >= 0.3 is 0 Å². The van der Waals surface area contributed by atoms with Gasteiger partial charge in [0.1, 0.15) is 5.69 Å². The zero-order valence-corrected chi connectivity index (χ0v) is 18.1. The number of aromatic amines is 1. The van der Waals surface area contributed by atoms with Gasteiger partial charge in [0, 0.05) is 37.6 Å². The minimum atomic E-state index is -3.53. The predicted molar refractivity (Wildman–Crippen MR) is 112 cm³/mol. The number of piperidine rings is 1. The second kappa shape index (κ2) is 8.25. The van der Waals surface area contributed by atoms with Crippen molar-refractivity contribution in [2.45, 2.75) is 44.9 Å². The number of hydrogen-bond donors (Lipinski definition) is 1. The van der Waals surface area contributed by atoms with Crippen LogP contribution in [0.4, 0.5) is 0 Å². The van der Waals surface area contributed by atoms with Gasteiger partial charge in [-0.25, -0.2) is 8.42 Å². The Morgan fingerprint density at radius 2 is 1.89 bits per heavy atom. The van der Waals surface area contributed by atoms with E-state index in [1.54, 1.807) is 40.5 Å². The van der Waals surface area contributed by atoms with Gasteiger partial charge in [0.2, 0.25) is 10.0 Å². The number of aromatic nitrogens is 1. The van der Waals surface area contributed by atoms with Crippen LogP contribution < -0.4 is 0 Å². The number of nitrogens with one attached hydrogen (secondary N) is 1. The number of benzene rings is 1. The Kier molecular flexibility index (Phi) is 6.15. The average Bonchev–Trinajstić information content (AvgIpc) is 3.07. The number of nitrogens with zero attached hydrogens (tertiary/aromatic N) is 2. The third-order valence-electron chi connectivity index (χ3n) is 5.49. The maximum absolute atomic E-state index is 13.1. The molecule has 1 aliphatic heterocycles. The topological polar surface area (TPSA) is 73.5 Å². The van der Waals surface area contributed by atoms with Gasteiger partial charge in [-0.3, -0.25) is 4.79 Å². The second-order valence-electron chi connectivity index (χ2n) is 8.28. The van der Waals surface area contributed by atoms with Crippen LogP contribution in [0.1, 0.15) is 50.5 Å². The van der Waals surface area contributed by atoms with Crippen LogP contribution in [0.2, 0.25) is 0 Å². The molecule has 0 spiro atoms. The summed E-state index contributed by atoms with van der Waals surface area (Å²) in [5, 5.41) is 0.742. The van der Waals surface area contributed by atoms with Crippen molar-refractivity contribution in [3.8, 4) is 0 Å². The van der Waals surface area contributed by atoms with Crippen LogP contribution in [0, 0.1) is 11.8 Å². The fourth-order valence-corrected chi connectivity index (χ4v) is 5.76. The molecule has 0 bridgehead atoms. The summed E-state index contributed by atoms with van der Waals surface area (Å²) in [5.41, 5.74) is 1.26. The predicted octanol–water partition coefficient (Wildman–Crippen LogP) is 3.71. The number of sulfonamides is 1. The van der Waals surface area contributed by atoms with Gasteiger partial charge in [-0.15, -0.1) is 0 Å². The first kappa shape index (κ1) is 20.9. The zero-order chi connectivity index (χ0) is 20.5. The lowest BCUT2D eigenvalue weighted by atomic mass is 9.94. The Balaban J connectivity index is 1.87. The fraction of sp³-hybridized carbons (Fsp3) is 0.571. The summed E-state index contributed by atoms with van der Waals surface area (Å²) in [5.74, 6) is 0.641. The summed E-state index contributed by atoms with van der Waals surface area (Å²) in [4.78, 5) is 17.7. The molecule has 2 heterocycles. The number of carbonyl (C=O) groups excluding carboxylic acids is 1. The molecule has 1 N–H and O–H groups in total. The largest absolute Gasteiger partial charge is 0.351 e. The van der Waals surface area contributed by atoms with Crippen molar-refractivity contribution in [3.63, 3.8) is 0 Å². The molecule has 3 rings (SSSR count). The highest BCUT2D eigenvalue weighted by Gasteiger charge is 2.31. The number of fused-ring (bicyclic) bond motifs is 1. The molecule has 2 atom stereocenters. The van der Waals surface area contributed by atoms with Gasteiger partial charge in [0.05, 0.1) is 4.90 Å². The molecule has 6 nitrogen and oxygen atoms in total. The van der Waals surface area contributed by atoms with Crippen LogP contribution in [-0.4, -0.2) is 55.2 Å². The van der Waals surface area contributed by atoms with E-state index in [0.29, 0.717) is 42.1 Å². The lowest BCUT2D eigenvalue weighted by Crippen LogP contribution is -2.42. The molecule has 1 aliphatic rings. The summed E-state index contributed by atoms with van der Waals surface area (Å²) >= 11 is 0. The van der Waals surface area contributed by atoms with Gasteiger partial charge in [0.15, 0.2) is 0 Å². The van der Waals surface area contributed by atoms with E-state index in [1.807, 2.05) is 0 Å². The van der Waals surface area contributed by atoms with Gasteiger partial charge in [-0.2, -0.15) is 4.31 Å². The molecular formula is C21H31N3O3S. The molecule has 2 unspecified atom stereocenters. The molecule has 1 saturated heterocycles. The van der Waals surface area contributed by atoms with Gasteiger partial charge in [0.25, 0.3) is 5.91 Å². The van der Waals surface area contributed by atoms with E-state index in [-0.39, 0.29) is 5.91 Å². The van der Waals surface area contributed by atoms with Gasteiger partial charge in [-0.05, 0) is 48.9 Å². The summed E-state index contributed by atoms with van der Waals surface area (Å²) < 4.78 is 27.9. The Bertz CT molecular complexity index is 941. The van der Waals surface area contributed by atoms with Gasteiger partial charge < -0.3 is 9.88 Å². The van der Waals surface area contributed by atoms with Crippen LogP contribution in [0.3, 0.4) is 0 Å². The number of unbranched alkanes of at least 4 members (excludes halogenated alkanes) is 1. The van der Waals surface area contributed by atoms with Crippen molar-refractivity contribution in [1.82, 2.24) is 14.2 Å². The third kappa shape index (κ3) is 4.25. The minimum absolute atomic E-state index is 0.0762. The SMILES string of the molecule is CCCCN(C)C(=O)c1cc2cc(S(=O)(=O)N3CC(C)CC(C)C3)ccc2[nH]1. The average molecular weight is 406 g/mol.